The van der Waals surface area contributed by atoms with Crippen molar-refractivity contribution in [2.75, 3.05) is 17.2 Å². The largest absolute Gasteiger partial charge is 0.384 e. The van der Waals surface area contributed by atoms with Gasteiger partial charge in [0.1, 0.15) is 5.82 Å². The number of rotatable bonds is 1. The van der Waals surface area contributed by atoms with E-state index in [9.17, 15) is 0 Å². The van der Waals surface area contributed by atoms with Crippen molar-refractivity contribution in [2.24, 2.45) is 10.7 Å². The van der Waals surface area contributed by atoms with Gasteiger partial charge in [-0.2, -0.15) is 24.9 Å². The molecule has 0 fully saturated rings. The third-order valence-electron chi connectivity index (χ3n) is 1.75. The zero-order chi connectivity index (χ0) is 12.6. The summed E-state index contributed by atoms with van der Waals surface area (Å²) in [6.45, 7) is 3.42. The molecular formula is C7H10N10. The Morgan fingerprint density at radius 2 is 1.65 bits per heavy atom. The van der Waals surface area contributed by atoms with Crippen molar-refractivity contribution in [3.8, 4) is 0 Å². The molecule has 2 aromatic rings. The maximum Gasteiger partial charge on any atom is 0.246 e. The molecule has 0 aliphatic heterocycles. The summed E-state index contributed by atoms with van der Waals surface area (Å²) in [5, 5.41) is 0. The number of aromatic nitrogens is 5. The van der Waals surface area contributed by atoms with Crippen LogP contribution in [-0.2, 0) is 0 Å². The van der Waals surface area contributed by atoms with E-state index in [4.69, 9.17) is 22.9 Å². The Kier molecular flexibility index (Phi) is 2.24. The molecule has 10 heteroatoms. The first kappa shape index (κ1) is 10.6. The average Bonchev–Trinajstić information content (AvgIpc) is 2.13. The van der Waals surface area contributed by atoms with Crippen molar-refractivity contribution in [3.63, 3.8) is 0 Å². The molecule has 0 amide bonds. The van der Waals surface area contributed by atoms with Crippen molar-refractivity contribution in [2.45, 2.75) is 0 Å². The molecule has 17 heavy (non-hydrogen) atoms. The molecule has 0 saturated carbocycles. The molecule has 0 spiro atoms. The van der Waals surface area contributed by atoms with E-state index in [2.05, 4.69) is 31.5 Å². The molecule has 0 atom stereocenters. The van der Waals surface area contributed by atoms with Crippen LogP contribution in [0.1, 0.15) is 0 Å². The summed E-state index contributed by atoms with van der Waals surface area (Å²) in [6.07, 6.45) is 0. The maximum absolute atomic E-state index is 5.66. The number of anilines is 3. The van der Waals surface area contributed by atoms with Crippen LogP contribution in [0.2, 0.25) is 0 Å². The lowest BCUT2D eigenvalue weighted by Gasteiger charge is -2.04. The lowest BCUT2D eigenvalue weighted by Crippen LogP contribution is -2.27. The van der Waals surface area contributed by atoms with Crippen LogP contribution in [0, 0.1) is 0 Å². The molecule has 2 rings (SSSR count). The fourth-order valence-electron chi connectivity index (χ4n) is 1.20. The Morgan fingerprint density at radius 1 is 1.06 bits per heavy atom. The summed E-state index contributed by atoms with van der Waals surface area (Å²) in [7, 11) is 0. The minimum Gasteiger partial charge on any atom is -0.384 e. The van der Waals surface area contributed by atoms with Gasteiger partial charge in [-0.05, 0) is 0 Å². The zero-order valence-electron chi connectivity index (χ0n) is 8.70. The van der Waals surface area contributed by atoms with E-state index in [0.29, 0.717) is 0 Å². The van der Waals surface area contributed by atoms with Gasteiger partial charge in [0.05, 0.1) is 0 Å². The topological polar surface area (TPSA) is 172 Å². The van der Waals surface area contributed by atoms with Crippen LogP contribution >= 0.6 is 0 Å². The standard InChI is InChI=1S/C7H10N10/c1-2(8)12-6-15-4(10)16-7-14-3(9)13-5(11)17(6)7/h1,8H2,(H6,9,10,11,12,13,14,15,16). The second-order valence-electron chi connectivity index (χ2n) is 3.06. The minimum absolute atomic E-state index is 0.0208. The van der Waals surface area contributed by atoms with Crippen LogP contribution in [-0.4, -0.2) is 24.3 Å². The second kappa shape index (κ2) is 3.59. The van der Waals surface area contributed by atoms with Gasteiger partial charge in [-0.3, -0.25) is 0 Å². The first-order valence-corrected chi connectivity index (χ1v) is 4.42. The van der Waals surface area contributed by atoms with Gasteiger partial charge in [0, 0.05) is 0 Å². The fraction of sp³-hybridized carbons (Fsp3) is 0. The number of nitrogen functional groups attached to an aromatic ring is 3. The smallest absolute Gasteiger partial charge is 0.246 e. The highest BCUT2D eigenvalue weighted by Gasteiger charge is 2.07. The Morgan fingerprint density at radius 3 is 2.24 bits per heavy atom. The van der Waals surface area contributed by atoms with Gasteiger partial charge in [0.2, 0.25) is 29.2 Å². The molecule has 88 valence electrons. The van der Waals surface area contributed by atoms with E-state index in [1.54, 1.807) is 0 Å². The van der Waals surface area contributed by atoms with Crippen molar-refractivity contribution >= 4 is 23.6 Å². The predicted octanol–water partition coefficient (Wildman–Crippen LogP) is -2.40. The van der Waals surface area contributed by atoms with Gasteiger partial charge in [-0.25, -0.2) is 4.40 Å². The van der Waals surface area contributed by atoms with Gasteiger partial charge in [-0.1, -0.05) is 6.58 Å². The Hall–Kier alpha value is -2.91. The highest BCUT2D eigenvalue weighted by atomic mass is 15.3. The van der Waals surface area contributed by atoms with Gasteiger partial charge < -0.3 is 22.9 Å². The third-order valence-corrected chi connectivity index (χ3v) is 1.75. The SMILES string of the molecule is C=C(N)/N=c1/nc(N)nc2nc(N)nc(N)n12. The molecule has 2 heterocycles. The summed E-state index contributed by atoms with van der Waals surface area (Å²) in [6, 6.07) is 0. The van der Waals surface area contributed by atoms with Crippen molar-refractivity contribution in [1.82, 2.24) is 24.3 Å². The van der Waals surface area contributed by atoms with Gasteiger partial charge in [-0.15, -0.1) is 0 Å². The van der Waals surface area contributed by atoms with Crippen molar-refractivity contribution in [1.29, 1.82) is 0 Å². The lowest BCUT2D eigenvalue weighted by atomic mass is 10.7. The Labute approximate surface area is 94.7 Å². The predicted molar refractivity (Wildman–Crippen MR) is 60.7 cm³/mol. The number of hydrogen-bond acceptors (Lipinski definition) is 9. The molecule has 2 aromatic heterocycles. The summed E-state index contributed by atoms with van der Waals surface area (Å²) in [4.78, 5) is 19.2. The first-order chi connectivity index (χ1) is 7.97. The molecule has 8 N–H and O–H groups in total. The van der Waals surface area contributed by atoms with Crippen LogP contribution in [0.25, 0.3) is 5.78 Å². The average molecular weight is 234 g/mol. The van der Waals surface area contributed by atoms with Crippen LogP contribution in [0.15, 0.2) is 17.4 Å². The van der Waals surface area contributed by atoms with E-state index >= 15 is 0 Å². The highest BCUT2D eigenvalue weighted by Crippen LogP contribution is 2.02. The second-order valence-corrected chi connectivity index (χ2v) is 3.06. The summed E-state index contributed by atoms with van der Waals surface area (Å²) < 4.78 is 1.25. The normalized spacial score (nSPS) is 11.9. The highest BCUT2D eigenvalue weighted by molar-refractivity contribution is 5.42. The monoisotopic (exact) mass is 234 g/mol. The molecule has 0 bridgehead atoms. The molecule has 0 aliphatic rings. The van der Waals surface area contributed by atoms with E-state index < -0.39 is 0 Å². The van der Waals surface area contributed by atoms with E-state index in [-0.39, 0.29) is 35.1 Å². The zero-order valence-corrected chi connectivity index (χ0v) is 8.70. The summed E-state index contributed by atoms with van der Waals surface area (Å²) >= 11 is 0. The van der Waals surface area contributed by atoms with Gasteiger partial charge in [0.15, 0.2) is 0 Å². The molecule has 0 saturated heterocycles. The minimum atomic E-state index is -0.0394. The molecule has 10 nitrogen and oxygen atoms in total. The quantitative estimate of drug-likeness (QED) is 0.422. The molecule has 0 radical (unpaired) electrons. The van der Waals surface area contributed by atoms with Crippen molar-refractivity contribution in [3.05, 3.63) is 18.0 Å². The van der Waals surface area contributed by atoms with E-state index in [1.807, 2.05) is 0 Å². The van der Waals surface area contributed by atoms with Crippen LogP contribution in [0.4, 0.5) is 17.8 Å². The van der Waals surface area contributed by atoms with Crippen molar-refractivity contribution < 1.29 is 0 Å². The lowest BCUT2D eigenvalue weighted by molar-refractivity contribution is 0.859. The number of nitrogens with zero attached hydrogens (tertiary/aromatic N) is 6. The number of nitrogens with two attached hydrogens (primary N) is 4. The number of fused-ring (bicyclic) bond motifs is 1. The summed E-state index contributed by atoms with van der Waals surface area (Å²) in [5.74, 6) is 0.115. The van der Waals surface area contributed by atoms with Crippen LogP contribution in [0.3, 0.4) is 0 Å². The van der Waals surface area contributed by atoms with Gasteiger partial charge in [0.25, 0.3) is 0 Å². The molecule has 0 aromatic carbocycles. The Balaban J connectivity index is 2.98. The molecule has 0 aliphatic carbocycles. The maximum atomic E-state index is 5.66. The van der Waals surface area contributed by atoms with Crippen LogP contribution in [0.5, 0.6) is 0 Å². The van der Waals surface area contributed by atoms with E-state index in [1.165, 1.54) is 4.40 Å². The fourth-order valence-corrected chi connectivity index (χ4v) is 1.20. The van der Waals surface area contributed by atoms with Crippen LogP contribution < -0.4 is 28.6 Å². The summed E-state index contributed by atoms with van der Waals surface area (Å²) in [5.41, 5.74) is 22.0. The van der Waals surface area contributed by atoms with Gasteiger partial charge >= 0.3 is 0 Å². The first-order valence-electron chi connectivity index (χ1n) is 4.42. The van der Waals surface area contributed by atoms with E-state index in [0.717, 1.165) is 0 Å². The third kappa shape index (κ3) is 1.90. The molecule has 0 unspecified atom stereocenters. The number of hydrogen-bond donors (Lipinski definition) is 4. The Bertz CT molecular complexity index is 663. The molecular weight excluding hydrogens is 224 g/mol.